The summed E-state index contributed by atoms with van der Waals surface area (Å²) in [5, 5.41) is 42.3. The summed E-state index contributed by atoms with van der Waals surface area (Å²) in [5.74, 6) is -4.00. The Labute approximate surface area is 236 Å². The molecule has 1 aromatic carbocycles. The molecule has 14 nitrogen and oxygen atoms in total. The Morgan fingerprint density at radius 1 is 0.854 bits per heavy atom. The van der Waals surface area contributed by atoms with Crippen molar-refractivity contribution in [2.24, 2.45) is 10.2 Å². The maximum atomic E-state index is 12.4. The largest absolute Gasteiger partial charge is 0.481 e. The van der Waals surface area contributed by atoms with Crippen LogP contribution in [0.4, 0.5) is 10.6 Å². The first-order valence-corrected chi connectivity index (χ1v) is 13.0. The van der Waals surface area contributed by atoms with Crippen LogP contribution in [0.15, 0.2) is 52.8 Å². The van der Waals surface area contributed by atoms with Crippen molar-refractivity contribution in [3.05, 3.63) is 59.3 Å². The van der Waals surface area contributed by atoms with Gasteiger partial charge in [-0.25, -0.2) is 19.4 Å². The number of urea groups is 1. The fourth-order valence-electron chi connectivity index (χ4n) is 3.57. The van der Waals surface area contributed by atoms with E-state index in [-0.39, 0.29) is 25.3 Å². The first-order valence-electron chi connectivity index (χ1n) is 13.0. The fraction of sp³-hybridized carbons (Fsp3) is 0.407. The number of carbonyl (C=O) groups is 5. The van der Waals surface area contributed by atoms with Gasteiger partial charge in [-0.3, -0.25) is 9.59 Å². The van der Waals surface area contributed by atoms with Gasteiger partial charge in [0.15, 0.2) is 5.82 Å². The van der Waals surface area contributed by atoms with Gasteiger partial charge in [0.05, 0.1) is 12.1 Å². The van der Waals surface area contributed by atoms with Gasteiger partial charge in [0.1, 0.15) is 12.1 Å². The normalized spacial score (nSPS) is 12.3. The highest BCUT2D eigenvalue weighted by Gasteiger charge is 2.24. The molecule has 0 aliphatic carbocycles. The zero-order valence-electron chi connectivity index (χ0n) is 22.6. The third-order valence-corrected chi connectivity index (χ3v) is 5.93. The third kappa shape index (κ3) is 12.2. The number of nitrogens with one attached hydrogen (secondary N) is 3. The first kappa shape index (κ1) is 32.3. The highest BCUT2D eigenvalue weighted by Crippen LogP contribution is 2.12. The Bertz CT molecular complexity index is 1220. The molecule has 0 saturated carbocycles. The SMILES string of the molecule is CCc1ccc(CN=Nc2ccc(C(=O)NCCCCC(NC(=O)NC(CCC(=O)O)C(=O)O)C(=O)O)cn2)cc1. The second kappa shape index (κ2) is 16.9. The van der Waals surface area contributed by atoms with E-state index in [1.165, 1.54) is 11.8 Å². The Morgan fingerprint density at radius 2 is 1.49 bits per heavy atom. The summed E-state index contributed by atoms with van der Waals surface area (Å²) >= 11 is 0. The number of carboxylic acid groups (broad SMARTS) is 3. The average Bonchev–Trinajstić information content (AvgIpc) is 2.94. The predicted octanol–water partition coefficient (Wildman–Crippen LogP) is 2.90. The fourth-order valence-corrected chi connectivity index (χ4v) is 3.57. The molecular formula is C27H34N6O8. The van der Waals surface area contributed by atoms with Crippen molar-refractivity contribution in [3.63, 3.8) is 0 Å². The second-order valence-electron chi connectivity index (χ2n) is 9.06. The number of carboxylic acids is 3. The van der Waals surface area contributed by atoms with Crippen molar-refractivity contribution < 1.29 is 39.3 Å². The second-order valence-corrected chi connectivity index (χ2v) is 9.06. The molecule has 2 aromatic rings. The highest BCUT2D eigenvalue weighted by atomic mass is 16.4. The number of nitrogens with zero attached hydrogens (tertiary/aromatic N) is 3. The van der Waals surface area contributed by atoms with Crippen molar-refractivity contribution in [1.82, 2.24) is 20.9 Å². The molecule has 220 valence electrons. The molecule has 41 heavy (non-hydrogen) atoms. The number of unbranched alkanes of at least 4 members (excludes halogenated alkanes) is 1. The van der Waals surface area contributed by atoms with Gasteiger partial charge in [0.2, 0.25) is 0 Å². The van der Waals surface area contributed by atoms with Crippen LogP contribution in [-0.4, -0.2) is 68.8 Å². The lowest BCUT2D eigenvalue weighted by molar-refractivity contribution is -0.140. The molecule has 3 amide bonds. The lowest BCUT2D eigenvalue weighted by Crippen LogP contribution is -2.51. The number of carbonyl (C=O) groups excluding carboxylic acids is 2. The summed E-state index contributed by atoms with van der Waals surface area (Å²) in [6.45, 7) is 2.74. The van der Waals surface area contributed by atoms with Gasteiger partial charge >= 0.3 is 23.9 Å². The number of aromatic nitrogens is 1. The highest BCUT2D eigenvalue weighted by molar-refractivity contribution is 5.94. The smallest absolute Gasteiger partial charge is 0.326 e. The number of benzene rings is 1. The van der Waals surface area contributed by atoms with Gasteiger partial charge in [0.25, 0.3) is 5.91 Å². The summed E-state index contributed by atoms with van der Waals surface area (Å²) < 4.78 is 0. The Hall–Kier alpha value is -4.88. The minimum Gasteiger partial charge on any atom is -0.481 e. The van der Waals surface area contributed by atoms with Crippen molar-refractivity contribution in [3.8, 4) is 0 Å². The van der Waals surface area contributed by atoms with Crippen molar-refractivity contribution >= 4 is 35.7 Å². The molecule has 0 bridgehead atoms. The molecule has 0 spiro atoms. The van der Waals surface area contributed by atoms with E-state index in [0.29, 0.717) is 30.8 Å². The molecule has 0 aliphatic heterocycles. The first-order chi connectivity index (χ1) is 19.6. The van der Waals surface area contributed by atoms with Gasteiger partial charge in [0, 0.05) is 19.2 Å². The summed E-state index contributed by atoms with van der Waals surface area (Å²) in [4.78, 5) is 61.9. The standard InChI is InChI=1S/C27H34N6O8/c1-2-17-6-8-18(9-7-17)15-30-33-22-12-10-19(16-29-22)24(36)28-14-4-3-5-20(25(37)38)31-27(41)32-21(26(39)40)11-13-23(34)35/h6-10,12,16,20-21H,2-5,11,13-15H2,1H3,(H,28,36)(H,34,35)(H,37,38)(H,39,40)(H2,31,32,41). The van der Waals surface area contributed by atoms with E-state index < -0.39 is 42.4 Å². The van der Waals surface area contributed by atoms with Crippen molar-refractivity contribution in [2.75, 3.05) is 6.54 Å². The maximum Gasteiger partial charge on any atom is 0.326 e. The van der Waals surface area contributed by atoms with E-state index in [4.69, 9.17) is 10.2 Å². The number of azo groups is 1. The molecule has 2 unspecified atom stereocenters. The van der Waals surface area contributed by atoms with Crippen LogP contribution in [0, 0.1) is 0 Å². The van der Waals surface area contributed by atoms with Crippen LogP contribution in [0.2, 0.25) is 0 Å². The van der Waals surface area contributed by atoms with E-state index in [1.807, 2.05) is 24.3 Å². The third-order valence-electron chi connectivity index (χ3n) is 5.93. The zero-order valence-corrected chi connectivity index (χ0v) is 22.6. The summed E-state index contributed by atoms with van der Waals surface area (Å²) in [5.41, 5.74) is 2.58. The van der Waals surface area contributed by atoms with E-state index in [9.17, 15) is 29.1 Å². The predicted molar refractivity (Wildman–Crippen MR) is 146 cm³/mol. The number of aliphatic carboxylic acids is 3. The quantitative estimate of drug-likeness (QED) is 0.121. The van der Waals surface area contributed by atoms with Crippen molar-refractivity contribution in [1.29, 1.82) is 0 Å². The maximum absolute atomic E-state index is 12.4. The molecule has 0 saturated heterocycles. The van der Waals surface area contributed by atoms with Gasteiger partial charge in [-0.2, -0.15) is 5.11 Å². The Kier molecular flexibility index (Phi) is 13.4. The lowest BCUT2D eigenvalue weighted by atomic mass is 10.1. The van der Waals surface area contributed by atoms with E-state index >= 15 is 0 Å². The number of hydrogen-bond donors (Lipinski definition) is 6. The number of rotatable bonds is 17. The van der Waals surface area contributed by atoms with Crippen LogP contribution in [0.25, 0.3) is 0 Å². The van der Waals surface area contributed by atoms with Gasteiger partial charge in [-0.15, -0.1) is 5.11 Å². The van der Waals surface area contributed by atoms with Crippen LogP contribution in [0.3, 0.4) is 0 Å². The van der Waals surface area contributed by atoms with Crippen LogP contribution in [-0.2, 0) is 27.3 Å². The molecule has 1 aromatic heterocycles. The number of aryl methyl sites for hydroxylation is 1. The van der Waals surface area contributed by atoms with Crippen LogP contribution in [0.1, 0.15) is 60.5 Å². The minimum atomic E-state index is -1.48. The Morgan fingerprint density at radius 3 is 2.05 bits per heavy atom. The summed E-state index contributed by atoms with van der Waals surface area (Å²) in [7, 11) is 0. The van der Waals surface area contributed by atoms with Gasteiger partial charge in [-0.05, 0) is 55.4 Å². The monoisotopic (exact) mass is 570 g/mol. The Balaban J connectivity index is 1.72. The minimum absolute atomic E-state index is 0.0233. The average molecular weight is 571 g/mol. The number of hydrogen-bond acceptors (Lipinski definition) is 8. The number of pyridine rings is 1. The van der Waals surface area contributed by atoms with E-state index in [2.05, 4.69) is 38.1 Å². The topological polar surface area (TPSA) is 220 Å². The summed E-state index contributed by atoms with van der Waals surface area (Å²) in [6.07, 6.45) is 2.27. The lowest BCUT2D eigenvalue weighted by Gasteiger charge is -2.18. The van der Waals surface area contributed by atoms with Crippen LogP contribution >= 0.6 is 0 Å². The molecular weight excluding hydrogens is 536 g/mol. The number of amides is 3. The van der Waals surface area contributed by atoms with Gasteiger partial charge < -0.3 is 31.3 Å². The molecule has 6 N–H and O–H groups in total. The van der Waals surface area contributed by atoms with Crippen molar-refractivity contribution in [2.45, 2.75) is 64.1 Å². The molecule has 1 heterocycles. The van der Waals surface area contributed by atoms with E-state index in [0.717, 1.165) is 12.0 Å². The molecule has 0 aliphatic rings. The summed E-state index contributed by atoms with van der Waals surface area (Å²) in [6, 6.07) is 7.40. The molecule has 0 radical (unpaired) electrons. The molecule has 2 rings (SSSR count). The molecule has 2 atom stereocenters. The van der Waals surface area contributed by atoms with Crippen LogP contribution < -0.4 is 16.0 Å². The zero-order chi connectivity index (χ0) is 30.2. The van der Waals surface area contributed by atoms with E-state index in [1.54, 1.807) is 12.1 Å². The van der Waals surface area contributed by atoms with Gasteiger partial charge in [-0.1, -0.05) is 31.2 Å². The molecule has 14 heteroatoms. The molecule has 0 fully saturated rings. The van der Waals surface area contributed by atoms with Crippen LogP contribution in [0.5, 0.6) is 0 Å².